The standard InChI is InChI=1S/C31H25N3O2/c35-30(26-14-8-3-9-15-26)32-28-22-18-27(19-23-28)31(36)34-33-29(20-16-24-10-4-1-5-11-24)21-17-25-12-6-2-7-13-25/h1-23H,(H,32,35)(H,34,36)/b20-16+,21-17+. The summed E-state index contributed by atoms with van der Waals surface area (Å²) in [5.41, 5.74) is 6.84. The van der Waals surface area contributed by atoms with Crippen LogP contribution in [0.4, 0.5) is 5.69 Å². The summed E-state index contributed by atoms with van der Waals surface area (Å²) in [6.45, 7) is 0. The number of hydrazone groups is 1. The third kappa shape index (κ3) is 7.23. The number of benzene rings is 4. The molecule has 4 aromatic rings. The van der Waals surface area contributed by atoms with Crippen LogP contribution in [0.5, 0.6) is 0 Å². The van der Waals surface area contributed by atoms with Gasteiger partial charge in [0.25, 0.3) is 11.8 Å². The van der Waals surface area contributed by atoms with Crippen LogP contribution in [0.2, 0.25) is 0 Å². The fourth-order valence-electron chi connectivity index (χ4n) is 3.30. The Bertz CT molecular complexity index is 1320. The van der Waals surface area contributed by atoms with Crippen LogP contribution in [0, 0.1) is 0 Å². The summed E-state index contributed by atoms with van der Waals surface area (Å²) < 4.78 is 0. The van der Waals surface area contributed by atoms with Crippen LogP contribution in [0.15, 0.2) is 133 Å². The number of carbonyl (C=O) groups excluding carboxylic acids is 2. The summed E-state index contributed by atoms with van der Waals surface area (Å²) in [6.07, 6.45) is 7.56. The fraction of sp³-hybridized carbons (Fsp3) is 0. The largest absolute Gasteiger partial charge is 0.322 e. The molecule has 0 heterocycles. The van der Waals surface area contributed by atoms with Crippen molar-refractivity contribution < 1.29 is 9.59 Å². The third-order valence-electron chi connectivity index (χ3n) is 5.22. The van der Waals surface area contributed by atoms with Gasteiger partial charge in [-0.3, -0.25) is 9.59 Å². The normalized spacial score (nSPS) is 10.8. The van der Waals surface area contributed by atoms with E-state index in [1.54, 1.807) is 48.5 Å². The van der Waals surface area contributed by atoms with Crippen molar-refractivity contribution in [3.05, 3.63) is 150 Å². The predicted molar refractivity (Wildman–Crippen MR) is 147 cm³/mol. The van der Waals surface area contributed by atoms with E-state index in [1.165, 1.54) is 0 Å². The molecule has 0 aliphatic rings. The summed E-state index contributed by atoms with van der Waals surface area (Å²) in [5, 5.41) is 7.14. The van der Waals surface area contributed by atoms with Gasteiger partial charge in [0, 0.05) is 16.8 Å². The molecular weight excluding hydrogens is 446 g/mol. The first-order valence-corrected chi connectivity index (χ1v) is 11.5. The zero-order valence-electron chi connectivity index (χ0n) is 19.5. The van der Waals surface area contributed by atoms with Crippen molar-refractivity contribution >= 4 is 35.4 Å². The van der Waals surface area contributed by atoms with Gasteiger partial charge in [-0.1, -0.05) is 91.0 Å². The molecule has 0 bridgehead atoms. The molecule has 0 aromatic heterocycles. The van der Waals surface area contributed by atoms with E-state index < -0.39 is 0 Å². The Morgan fingerprint density at radius 2 is 1.03 bits per heavy atom. The lowest BCUT2D eigenvalue weighted by atomic mass is 10.1. The molecule has 0 spiro atoms. The maximum Gasteiger partial charge on any atom is 0.271 e. The van der Waals surface area contributed by atoms with Gasteiger partial charge in [-0.2, -0.15) is 5.10 Å². The molecule has 0 radical (unpaired) electrons. The van der Waals surface area contributed by atoms with Crippen molar-refractivity contribution in [2.45, 2.75) is 0 Å². The fourth-order valence-corrected chi connectivity index (χ4v) is 3.30. The van der Waals surface area contributed by atoms with E-state index in [2.05, 4.69) is 15.8 Å². The van der Waals surface area contributed by atoms with E-state index in [0.717, 1.165) is 11.1 Å². The van der Waals surface area contributed by atoms with Crippen LogP contribution < -0.4 is 10.7 Å². The molecule has 5 heteroatoms. The molecule has 4 rings (SSSR count). The van der Waals surface area contributed by atoms with Crippen molar-refractivity contribution in [1.29, 1.82) is 0 Å². The number of anilines is 1. The number of rotatable bonds is 8. The summed E-state index contributed by atoms with van der Waals surface area (Å²) in [6, 6.07) is 35.3. The van der Waals surface area contributed by atoms with E-state index in [4.69, 9.17) is 0 Å². The second-order valence-corrected chi connectivity index (χ2v) is 7.86. The van der Waals surface area contributed by atoms with E-state index in [-0.39, 0.29) is 11.8 Å². The van der Waals surface area contributed by atoms with Gasteiger partial charge in [-0.25, -0.2) is 5.43 Å². The topological polar surface area (TPSA) is 70.6 Å². The molecule has 36 heavy (non-hydrogen) atoms. The van der Waals surface area contributed by atoms with Crippen LogP contribution in [0.3, 0.4) is 0 Å². The molecule has 0 saturated carbocycles. The lowest BCUT2D eigenvalue weighted by Crippen LogP contribution is -2.19. The SMILES string of the molecule is O=C(NN=C(/C=C/c1ccccc1)/C=C/c1ccccc1)c1ccc(NC(=O)c2ccccc2)cc1. The minimum absolute atomic E-state index is 0.211. The van der Waals surface area contributed by atoms with Gasteiger partial charge in [-0.05, 0) is 59.7 Å². The van der Waals surface area contributed by atoms with Crippen LogP contribution >= 0.6 is 0 Å². The molecule has 2 N–H and O–H groups in total. The van der Waals surface area contributed by atoms with Crippen LogP contribution in [0.1, 0.15) is 31.8 Å². The van der Waals surface area contributed by atoms with Gasteiger partial charge in [0.1, 0.15) is 0 Å². The Morgan fingerprint density at radius 3 is 1.56 bits per heavy atom. The van der Waals surface area contributed by atoms with Crippen molar-refractivity contribution in [2.24, 2.45) is 5.10 Å². The minimum atomic E-state index is -0.352. The summed E-state index contributed by atoms with van der Waals surface area (Å²) in [4.78, 5) is 25.0. The van der Waals surface area contributed by atoms with Crippen LogP contribution in [-0.4, -0.2) is 17.5 Å². The number of carbonyl (C=O) groups is 2. The Morgan fingerprint density at radius 1 is 0.556 bits per heavy atom. The molecule has 0 atom stereocenters. The highest BCUT2D eigenvalue weighted by molar-refractivity contribution is 6.09. The second-order valence-electron chi connectivity index (χ2n) is 7.86. The lowest BCUT2D eigenvalue weighted by molar-refractivity contribution is 0.0954. The zero-order valence-corrected chi connectivity index (χ0v) is 19.5. The highest BCUT2D eigenvalue weighted by atomic mass is 16.2. The first-order chi connectivity index (χ1) is 17.7. The highest BCUT2D eigenvalue weighted by Crippen LogP contribution is 2.12. The Kier molecular flexibility index (Phi) is 8.33. The summed E-state index contributed by atoms with van der Waals surface area (Å²) >= 11 is 0. The first kappa shape index (κ1) is 24.1. The average molecular weight is 472 g/mol. The zero-order chi connectivity index (χ0) is 25.0. The van der Waals surface area contributed by atoms with Crippen LogP contribution in [0.25, 0.3) is 12.2 Å². The van der Waals surface area contributed by atoms with Gasteiger partial charge in [0.15, 0.2) is 0 Å². The van der Waals surface area contributed by atoms with E-state index in [9.17, 15) is 9.59 Å². The number of hydrogen-bond donors (Lipinski definition) is 2. The Hall–Kier alpha value is -5.03. The van der Waals surface area contributed by atoms with Crippen molar-refractivity contribution in [3.8, 4) is 0 Å². The van der Waals surface area contributed by atoms with E-state index in [0.29, 0.717) is 22.5 Å². The maximum atomic E-state index is 12.7. The van der Waals surface area contributed by atoms with Gasteiger partial charge in [-0.15, -0.1) is 0 Å². The molecule has 4 aromatic carbocycles. The van der Waals surface area contributed by atoms with Gasteiger partial charge in [0.05, 0.1) is 5.71 Å². The van der Waals surface area contributed by atoms with Gasteiger partial charge in [0.2, 0.25) is 0 Å². The smallest absolute Gasteiger partial charge is 0.271 e. The van der Waals surface area contributed by atoms with E-state index in [1.807, 2.05) is 91.0 Å². The monoisotopic (exact) mass is 471 g/mol. The maximum absolute atomic E-state index is 12.7. The summed E-state index contributed by atoms with van der Waals surface area (Å²) in [5.74, 6) is -0.563. The third-order valence-corrected chi connectivity index (χ3v) is 5.22. The van der Waals surface area contributed by atoms with Gasteiger partial charge < -0.3 is 5.32 Å². The van der Waals surface area contributed by atoms with E-state index >= 15 is 0 Å². The molecule has 2 amide bonds. The molecule has 176 valence electrons. The summed E-state index contributed by atoms with van der Waals surface area (Å²) in [7, 11) is 0. The van der Waals surface area contributed by atoms with Crippen LogP contribution in [-0.2, 0) is 0 Å². The molecule has 5 nitrogen and oxygen atoms in total. The number of nitrogens with zero attached hydrogens (tertiary/aromatic N) is 1. The molecule has 0 aliphatic carbocycles. The quantitative estimate of drug-likeness (QED) is 0.229. The molecule has 0 saturated heterocycles. The van der Waals surface area contributed by atoms with Crippen molar-refractivity contribution in [1.82, 2.24) is 5.43 Å². The molecule has 0 fully saturated rings. The predicted octanol–water partition coefficient (Wildman–Crippen LogP) is 6.45. The Balaban J connectivity index is 1.44. The number of nitrogens with one attached hydrogen (secondary N) is 2. The van der Waals surface area contributed by atoms with Crippen molar-refractivity contribution in [2.75, 3.05) is 5.32 Å². The Labute approximate surface area is 210 Å². The molecule has 0 unspecified atom stereocenters. The second kappa shape index (κ2) is 12.4. The van der Waals surface area contributed by atoms with Gasteiger partial charge >= 0.3 is 0 Å². The highest BCUT2D eigenvalue weighted by Gasteiger charge is 2.08. The number of hydrogen-bond acceptors (Lipinski definition) is 3. The molecule has 0 aliphatic heterocycles. The van der Waals surface area contributed by atoms with Crippen molar-refractivity contribution in [3.63, 3.8) is 0 Å². The first-order valence-electron chi connectivity index (χ1n) is 11.5. The average Bonchev–Trinajstić information content (AvgIpc) is 2.94. The number of allylic oxidation sites excluding steroid dienone is 2. The molecular formula is C31H25N3O2. The number of amides is 2. The lowest BCUT2D eigenvalue weighted by Gasteiger charge is -2.06. The minimum Gasteiger partial charge on any atom is -0.322 e.